The minimum atomic E-state index is -0.659. The Morgan fingerprint density at radius 2 is 1.86 bits per heavy atom. The van der Waals surface area contributed by atoms with Crippen LogP contribution in [-0.2, 0) is 4.79 Å². The number of carbonyl (C=O) groups is 1. The fourth-order valence-electron chi connectivity index (χ4n) is 3.16. The Bertz CT molecular complexity index is 972. The predicted molar refractivity (Wildman–Crippen MR) is 96.9 cm³/mol. The number of benzene rings is 1. The summed E-state index contributed by atoms with van der Waals surface area (Å²) in [6.07, 6.45) is 5.58. The van der Waals surface area contributed by atoms with Gasteiger partial charge in [-0.3, -0.25) is 4.79 Å². The van der Waals surface area contributed by atoms with E-state index in [1.807, 2.05) is 0 Å². The van der Waals surface area contributed by atoms with Crippen LogP contribution in [0.2, 0.25) is 0 Å². The van der Waals surface area contributed by atoms with Crippen LogP contribution in [0, 0.1) is 17.6 Å². The van der Waals surface area contributed by atoms with Gasteiger partial charge in [0, 0.05) is 31.1 Å². The number of hydrogen-bond donors (Lipinski definition) is 1. The van der Waals surface area contributed by atoms with Crippen LogP contribution >= 0.6 is 0 Å². The number of hydrogen-bond acceptors (Lipinski definition) is 6. The smallest absolute Gasteiger partial charge is 0.227 e. The maximum Gasteiger partial charge on any atom is 0.227 e. The van der Waals surface area contributed by atoms with Crippen LogP contribution in [-0.4, -0.2) is 43.7 Å². The first-order chi connectivity index (χ1) is 13.6. The molecule has 4 rings (SSSR count). The molecule has 0 aliphatic carbocycles. The van der Waals surface area contributed by atoms with Crippen molar-refractivity contribution >= 4 is 17.4 Å². The second-order valence-corrected chi connectivity index (χ2v) is 6.45. The van der Waals surface area contributed by atoms with Gasteiger partial charge < -0.3 is 10.2 Å². The molecule has 144 valence electrons. The standard InChI is InChI=1S/C18H17F2N7O/c19-13-1-2-14(20)15(7-13)25-18(28)12-3-5-26(6-4-12)16-8-17(23-10-22-16)27-11-21-9-24-27/h1-2,7-12H,3-6H2,(H,25,28). The SMILES string of the molecule is O=C(Nc1cc(F)ccc1F)C1CCN(c2cc(-n3cncn3)ncn2)CC1. The zero-order valence-corrected chi connectivity index (χ0v) is 14.8. The van der Waals surface area contributed by atoms with Gasteiger partial charge in [0.25, 0.3) is 0 Å². The van der Waals surface area contributed by atoms with Gasteiger partial charge in [0.15, 0.2) is 5.82 Å². The van der Waals surface area contributed by atoms with Crippen LogP contribution in [0.3, 0.4) is 0 Å². The molecule has 0 radical (unpaired) electrons. The van der Waals surface area contributed by atoms with Gasteiger partial charge in [0.1, 0.15) is 36.4 Å². The van der Waals surface area contributed by atoms with Crippen LogP contribution in [0.1, 0.15) is 12.8 Å². The van der Waals surface area contributed by atoms with Crippen LogP contribution in [0.5, 0.6) is 0 Å². The number of anilines is 2. The summed E-state index contributed by atoms with van der Waals surface area (Å²) in [4.78, 5) is 26.8. The quantitative estimate of drug-likeness (QED) is 0.741. The van der Waals surface area contributed by atoms with Gasteiger partial charge in [-0.05, 0) is 25.0 Å². The second kappa shape index (κ2) is 7.67. The first kappa shape index (κ1) is 18.0. The molecule has 3 aromatic rings. The molecule has 1 aliphatic rings. The van der Waals surface area contributed by atoms with Crippen molar-refractivity contribution in [2.45, 2.75) is 12.8 Å². The van der Waals surface area contributed by atoms with E-state index in [2.05, 4.69) is 30.3 Å². The number of rotatable bonds is 4. The molecule has 1 N–H and O–H groups in total. The molecule has 1 aromatic carbocycles. The van der Waals surface area contributed by atoms with Gasteiger partial charge in [-0.2, -0.15) is 5.10 Å². The average molecular weight is 385 g/mol. The molecular weight excluding hydrogens is 368 g/mol. The summed E-state index contributed by atoms with van der Waals surface area (Å²) < 4.78 is 28.5. The fraction of sp³-hybridized carbons (Fsp3) is 0.278. The van der Waals surface area contributed by atoms with E-state index in [0.717, 1.165) is 24.0 Å². The Balaban J connectivity index is 1.39. The van der Waals surface area contributed by atoms with E-state index in [0.29, 0.717) is 31.7 Å². The van der Waals surface area contributed by atoms with Crippen molar-refractivity contribution in [1.82, 2.24) is 24.7 Å². The van der Waals surface area contributed by atoms with E-state index in [1.54, 1.807) is 17.1 Å². The third-order valence-electron chi connectivity index (χ3n) is 4.67. The molecule has 1 aliphatic heterocycles. The summed E-state index contributed by atoms with van der Waals surface area (Å²) in [6.45, 7) is 1.22. The van der Waals surface area contributed by atoms with E-state index < -0.39 is 11.6 Å². The molecular formula is C18H17F2N7O. The van der Waals surface area contributed by atoms with Gasteiger partial charge in [-0.1, -0.05) is 0 Å². The molecule has 8 nitrogen and oxygen atoms in total. The summed E-state index contributed by atoms with van der Waals surface area (Å²) in [5.41, 5.74) is -0.138. The van der Waals surface area contributed by atoms with E-state index >= 15 is 0 Å². The monoisotopic (exact) mass is 385 g/mol. The molecule has 0 bridgehead atoms. The minimum Gasteiger partial charge on any atom is -0.356 e. The Morgan fingerprint density at radius 3 is 2.61 bits per heavy atom. The molecule has 0 spiro atoms. The summed E-state index contributed by atoms with van der Waals surface area (Å²) in [7, 11) is 0. The molecule has 2 aromatic heterocycles. The van der Waals surface area contributed by atoms with Crippen LogP contribution < -0.4 is 10.2 Å². The Morgan fingerprint density at radius 1 is 1.07 bits per heavy atom. The number of nitrogens with one attached hydrogen (secondary N) is 1. The zero-order valence-electron chi connectivity index (χ0n) is 14.8. The van der Waals surface area contributed by atoms with Crippen molar-refractivity contribution in [3.8, 4) is 5.82 Å². The number of aromatic nitrogens is 5. The molecule has 1 fully saturated rings. The maximum atomic E-state index is 13.7. The highest BCUT2D eigenvalue weighted by Gasteiger charge is 2.26. The highest BCUT2D eigenvalue weighted by atomic mass is 19.1. The van der Waals surface area contributed by atoms with E-state index in [1.165, 1.54) is 12.7 Å². The van der Waals surface area contributed by atoms with Crippen LogP contribution in [0.15, 0.2) is 43.2 Å². The molecule has 0 unspecified atom stereocenters. The van der Waals surface area contributed by atoms with Crippen molar-refractivity contribution in [3.63, 3.8) is 0 Å². The number of halogens is 2. The summed E-state index contributed by atoms with van der Waals surface area (Å²) in [6, 6.07) is 4.79. The first-order valence-electron chi connectivity index (χ1n) is 8.78. The van der Waals surface area contributed by atoms with Crippen molar-refractivity contribution in [2.24, 2.45) is 5.92 Å². The summed E-state index contributed by atoms with van der Waals surface area (Å²) >= 11 is 0. The molecule has 0 atom stereocenters. The highest BCUT2D eigenvalue weighted by molar-refractivity contribution is 5.92. The van der Waals surface area contributed by atoms with E-state index in [4.69, 9.17) is 0 Å². The van der Waals surface area contributed by atoms with E-state index in [9.17, 15) is 13.6 Å². The Hall–Kier alpha value is -3.43. The van der Waals surface area contributed by atoms with Crippen molar-refractivity contribution in [1.29, 1.82) is 0 Å². The number of nitrogens with zero attached hydrogens (tertiary/aromatic N) is 6. The van der Waals surface area contributed by atoms with Gasteiger partial charge >= 0.3 is 0 Å². The molecule has 1 amide bonds. The first-order valence-corrected chi connectivity index (χ1v) is 8.78. The minimum absolute atomic E-state index is 0.138. The lowest BCUT2D eigenvalue weighted by Crippen LogP contribution is -2.38. The van der Waals surface area contributed by atoms with E-state index in [-0.39, 0.29) is 17.5 Å². The lowest BCUT2D eigenvalue weighted by atomic mass is 9.95. The predicted octanol–water partition coefficient (Wildman–Crippen LogP) is 2.19. The fourth-order valence-corrected chi connectivity index (χ4v) is 3.16. The average Bonchev–Trinajstić information content (AvgIpc) is 3.26. The molecule has 10 heteroatoms. The van der Waals surface area contributed by atoms with Crippen LogP contribution in [0.25, 0.3) is 5.82 Å². The number of amides is 1. The Labute approximate surface area is 159 Å². The van der Waals surface area contributed by atoms with Gasteiger partial charge in [-0.25, -0.2) is 28.4 Å². The largest absolute Gasteiger partial charge is 0.356 e. The lowest BCUT2D eigenvalue weighted by Gasteiger charge is -2.32. The molecule has 3 heterocycles. The molecule has 0 saturated carbocycles. The maximum absolute atomic E-state index is 13.7. The lowest BCUT2D eigenvalue weighted by molar-refractivity contribution is -0.120. The third-order valence-corrected chi connectivity index (χ3v) is 4.67. The normalized spacial score (nSPS) is 14.9. The zero-order chi connectivity index (χ0) is 19.5. The van der Waals surface area contributed by atoms with Gasteiger partial charge in [0.2, 0.25) is 5.91 Å². The van der Waals surface area contributed by atoms with Crippen molar-refractivity contribution < 1.29 is 13.6 Å². The summed E-state index contributed by atoms with van der Waals surface area (Å²) in [5.74, 6) is -0.516. The van der Waals surface area contributed by atoms with Crippen molar-refractivity contribution in [2.75, 3.05) is 23.3 Å². The molecule has 28 heavy (non-hydrogen) atoms. The summed E-state index contributed by atoms with van der Waals surface area (Å²) in [5, 5.41) is 6.53. The Kier molecular flexibility index (Phi) is 4.92. The van der Waals surface area contributed by atoms with Crippen LogP contribution in [0.4, 0.5) is 20.3 Å². The number of carbonyl (C=O) groups excluding carboxylic acids is 1. The third kappa shape index (κ3) is 3.80. The molecule has 1 saturated heterocycles. The van der Waals surface area contributed by atoms with Crippen molar-refractivity contribution in [3.05, 3.63) is 54.9 Å². The van der Waals surface area contributed by atoms with Gasteiger partial charge in [0.05, 0.1) is 5.69 Å². The topological polar surface area (TPSA) is 88.8 Å². The highest BCUT2D eigenvalue weighted by Crippen LogP contribution is 2.24. The second-order valence-electron chi connectivity index (χ2n) is 6.45. The van der Waals surface area contributed by atoms with Gasteiger partial charge in [-0.15, -0.1) is 0 Å². The number of piperidine rings is 1.